The Kier molecular flexibility index (Phi) is 5.10. The molecule has 124 valence electrons. The second kappa shape index (κ2) is 7.25. The van der Waals surface area contributed by atoms with Gasteiger partial charge >= 0.3 is 0 Å². The quantitative estimate of drug-likeness (QED) is 0.842. The molecule has 1 aliphatic heterocycles. The first-order valence-corrected chi connectivity index (χ1v) is 9.22. The molecular weight excluding hydrogens is 308 g/mol. The highest BCUT2D eigenvalue weighted by Gasteiger charge is 2.29. The Morgan fingerprint density at radius 3 is 2.96 bits per heavy atom. The van der Waals surface area contributed by atoms with Crippen molar-refractivity contribution in [3.63, 3.8) is 0 Å². The third kappa shape index (κ3) is 3.80. The van der Waals surface area contributed by atoms with Gasteiger partial charge in [-0.3, -0.25) is 4.79 Å². The fourth-order valence-corrected chi connectivity index (χ4v) is 4.14. The summed E-state index contributed by atoms with van der Waals surface area (Å²) in [6.45, 7) is 5.73. The van der Waals surface area contributed by atoms with Crippen LogP contribution in [-0.2, 0) is 11.3 Å². The number of thiazole rings is 1. The van der Waals surface area contributed by atoms with E-state index in [0.717, 1.165) is 48.9 Å². The van der Waals surface area contributed by atoms with Crippen molar-refractivity contribution in [2.24, 2.45) is 0 Å². The standard InChI is InChI=1S/C17H24N4OS/c1-13-12-23-17(19-13)15-6-3-4-10-21(15)16(22)7-5-9-20-11-8-18-14(20)2/h8,11-12,15H,3-7,9-10H2,1-2H3/t15-/m1/s1. The van der Waals surface area contributed by atoms with E-state index in [1.165, 1.54) is 6.42 Å². The fraction of sp³-hybridized carbons (Fsp3) is 0.588. The molecule has 1 atom stereocenters. The van der Waals surface area contributed by atoms with Crippen molar-refractivity contribution in [2.75, 3.05) is 6.54 Å². The van der Waals surface area contributed by atoms with Crippen LogP contribution in [0.2, 0.25) is 0 Å². The number of aryl methyl sites for hydroxylation is 3. The summed E-state index contributed by atoms with van der Waals surface area (Å²) in [6, 6.07) is 0.185. The maximum absolute atomic E-state index is 12.7. The number of hydrogen-bond acceptors (Lipinski definition) is 4. The van der Waals surface area contributed by atoms with Gasteiger partial charge in [-0.1, -0.05) is 0 Å². The molecule has 0 spiro atoms. The number of carbonyl (C=O) groups excluding carboxylic acids is 1. The molecule has 5 nitrogen and oxygen atoms in total. The number of hydrogen-bond donors (Lipinski definition) is 0. The number of rotatable bonds is 5. The third-order valence-electron chi connectivity index (χ3n) is 4.46. The van der Waals surface area contributed by atoms with Gasteiger partial charge < -0.3 is 9.47 Å². The van der Waals surface area contributed by atoms with E-state index >= 15 is 0 Å². The van der Waals surface area contributed by atoms with Crippen LogP contribution in [-0.4, -0.2) is 31.9 Å². The molecule has 2 aromatic rings. The van der Waals surface area contributed by atoms with Crippen molar-refractivity contribution in [3.8, 4) is 0 Å². The average molecular weight is 332 g/mol. The summed E-state index contributed by atoms with van der Waals surface area (Å²) in [7, 11) is 0. The molecule has 3 heterocycles. The minimum Gasteiger partial charge on any atom is -0.335 e. The molecular formula is C17H24N4OS. The van der Waals surface area contributed by atoms with Crippen molar-refractivity contribution in [1.29, 1.82) is 0 Å². The van der Waals surface area contributed by atoms with Gasteiger partial charge in [0.15, 0.2) is 0 Å². The van der Waals surface area contributed by atoms with Crippen LogP contribution in [0.25, 0.3) is 0 Å². The van der Waals surface area contributed by atoms with Gasteiger partial charge in [-0.25, -0.2) is 9.97 Å². The number of amides is 1. The topological polar surface area (TPSA) is 51.0 Å². The Balaban J connectivity index is 1.59. The minimum atomic E-state index is 0.185. The summed E-state index contributed by atoms with van der Waals surface area (Å²) < 4.78 is 2.10. The van der Waals surface area contributed by atoms with E-state index < -0.39 is 0 Å². The van der Waals surface area contributed by atoms with Crippen molar-refractivity contribution >= 4 is 17.2 Å². The summed E-state index contributed by atoms with van der Waals surface area (Å²) in [5.41, 5.74) is 1.05. The lowest BCUT2D eigenvalue weighted by molar-refractivity contribution is -0.135. The van der Waals surface area contributed by atoms with Gasteiger partial charge in [0.1, 0.15) is 10.8 Å². The Labute approximate surface area is 141 Å². The molecule has 0 unspecified atom stereocenters. The number of nitrogens with zero attached hydrogens (tertiary/aromatic N) is 4. The first-order valence-electron chi connectivity index (χ1n) is 8.34. The van der Waals surface area contributed by atoms with Crippen LogP contribution in [0.4, 0.5) is 0 Å². The maximum atomic E-state index is 12.7. The predicted molar refractivity (Wildman–Crippen MR) is 91.4 cm³/mol. The van der Waals surface area contributed by atoms with E-state index in [2.05, 4.69) is 24.8 Å². The molecule has 1 fully saturated rings. The SMILES string of the molecule is Cc1csc([C@H]2CCCCN2C(=O)CCCn2ccnc2C)n1. The Morgan fingerprint density at radius 2 is 2.26 bits per heavy atom. The van der Waals surface area contributed by atoms with Gasteiger partial charge in [-0.2, -0.15) is 0 Å². The van der Waals surface area contributed by atoms with E-state index in [1.807, 2.05) is 26.2 Å². The number of likely N-dealkylation sites (tertiary alicyclic amines) is 1. The van der Waals surface area contributed by atoms with Gasteiger partial charge in [0.2, 0.25) is 5.91 Å². The Bertz CT molecular complexity index is 663. The third-order valence-corrected chi connectivity index (χ3v) is 5.52. The molecule has 1 aliphatic rings. The average Bonchev–Trinajstić information content (AvgIpc) is 3.16. The monoisotopic (exact) mass is 332 g/mol. The lowest BCUT2D eigenvalue weighted by atomic mass is 10.0. The molecule has 0 bridgehead atoms. The van der Waals surface area contributed by atoms with Crippen LogP contribution in [0.15, 0.2) is 17.8 Å². The van der Waals surface area contributed by atoms with Crippen LogP contribution >= 0.6 is 11.3 Å². The van der Waals surface area contributed by atoms with Crippen LogP contribution < -0.4 is 0 Å². The molecule has 0 aromatic carbocycles. The van der Waals surface area contributed by atoms with Gasteiger partial charge in [-0.05, 0) is 39.5 Å². The summed E-state index contributed by atoms with van der Waals surface area (Å²) in [5.74, 6) is 1.27. The van der Waals surface area contributed by atoms with Gasteiger partial charge in [0.05, 0.1) is 6.04 Å². The summed E-state index contributed by atoms with van der Waals surface area (Å²) in [4.78, 5) is 23.6. The zero-order valence-electron chi connectivity index (χ0n) is 13.9. The van der Waals surface area contributed by atoms with E-state index in [1.54, 1.807) is 11.3 Å². The zero-order chi connectivity index (χ0) is 16.2. The molecule has 1 saturated heterocycles. The second-order valence-corrected chi connectivity index (χ2v) is 7.09. The Morgan fingerprint density at radius 1 is 1.39 bits per heavy atom. The predicted octanol–water partition coefficient (Wildman–Crippen LogP) is 3.49. The first-order chi connectivity index (χ1) is 11.1. The summed E-state index contributed by atoms with van der Waals surface area (Å²) >= 11 is 1.68. The fourth-order valence-electron chi connectivity index (χ4n) is 3.20. The number of imidazole rings is 1. The number of aromatic nitrogens is 3. The molecule has 6 heteroatoms. The van der Waals surface area contributed by atoms with Crippen molar-refractivity contribution in [3.05, 3.63) is 34.3 Å². The second-order valence-electron chi connectivity index (χ2n) is 6.20. The van der Waals surface area contributed by atoms with Crippen LogP contribution in [0.5, 0.6) is 0 Å². The van der Waals surface area contributed by atoms with E-state index in [0.29, 0.717) is 6.42 Å². The summed E-state index contributed by atoms with van der Waals surface area (Å²) in [5, 5.41) is 3.18. The lowest BCUT2D eigenvalue weighted by Gasteiger charge is -2.34. The van der Waals surface area contributed by atoms with Crippen LogP contribution in [0.1, 0.15) is 54.7 Å². The molecule has 0 N–H and O–H groups in total. The first kappa shape index (κ1) is 16.2. The van der Waals surface area contributed by atoms with Crippen molar-refractivity contribution in [2.45, 2.75) is 58.5 Å². The highest BCUT2D eigenvalue weighted by Crippen LogP contribution is 2.33. The highest BCUT2D eigenvalue weighted by atomic mass is 32.1. The zero-order valence-corrected chi connectivity index (χ0v) is 14.7. The van der Waals surface area contributed by atoms with Crippen LogP contribution in [0, 0.1) is 13.8 Å². The largest absolute Gasteiger partial charge is 0.335 e. The molecule has 3 rings (SSSR count). The normalized spacial score (nSPS) is 18.3. The number of piperidine rings is 1. The van der Waals surface area contributed by atoms with Crippen molar-refractivity contribution < 1.29 is 4.79 Å². The van der Waals surface area contributed by atoms with Gasteiger partial charge in [0.25, 0.3) is 0 Å². The molecule has 2 aromatic heterocycles. The Hall–Kier alpha value is -1.69. The van der Waals surface area contributed by atoms with Crippen molar-refractivity contribution in [1.82, 2.24) is 19.4 Å². The maximum Gasteiger partial charge on any atom is 0.223 e. The lowest BCUT2D eigenvalue weighted by Crippen LogP contribution is -2.38. The highest BCUT2D eigenvalue weighted by molar-refractivity contribution is 7.09. The molecule has 1 amide bonds. The smallest absolute Gasteiger partial charge is 0.223 e. The summed E-state index contributed by atoms with van der Waals surface area (Å²) in [6.07, 6.45) is 8.56. The minimum absolute atomic E-state index is 0.185. The molecule has 0 aliphatic carbocycles. The molecule has 23 heavy (non-hydrogen) atoms. The van der Waals surface area contributed by atoms with Crippen LogP contribution in [0.3, 0.4) is 0 Å². The van der Waals surface area contributed by atoms with Gasteiger partial charge in [-0.15, -0.1) is 11.3 Å². The van der Waals surface area contributed by atoms with E-state index in [4.69, 9.17) is 0 Å². The van der Waals surface area contributed by atoms with E-state index in [-0.39, 0.29) is 11.9 Å². The number of carbonyl (C=O) groups is 1. The molecule has 0 radical (unpaired) electrons. The molecule has 0 saturated carbocycles. The van der Waals surface area contributed by atoms with E-state index in [9.17, 15) is 4.79 Å². The van der Waals surface area contributed by atoms with Gasteiger partial charge in [0, 0.05) is 43.0 Å².